The predicted octanol–water partition coefficient (Wildman–Crippen LogP) is 4.54. The van der Waals surface area contributed by atoms with Crippen molar-refractivity contribution in [3.63, 3.8) is 0 Å². The van der Waals surface area contributed by atoms with Gasteiger partial charge >= 0.3 is 0 Å². The van der Waals surface area contributed by atoms with Crippen LogP contribution in [0.4, 0.5) is 0 Å². The smallest absolute Gasteiger partial charge is 0.276 e. The number of halogens is 2. The van der Waals surface area contributed by atoms with Crippen LogP contribution in [0.5, 0.6) is 11.5 Å². The van der Waals surface area contributed by atoms with Crippen LogP contribution in [0.2, 0.25) is 0 Å². The van der Waals surface area contributed by atoms with Gasteiger partial charge in [-0.1, -0.05) is 29.3 Å². The molecule has 2 amide bonds. The third kappa shape index (κ3) is 6.83. The molecule has 0 bridgehead atoms. The van der Waals surface area contributed by atoms with Crippen molar-refractivity contribution in [3.8, 4) is 11.5 Å². The van der Waals surface area contributed by atoms with Gasteiger partial charge in [-0.2, -0.15) is 0 Å². The first-order chi connectivity index (χ1) is 13.4. The molecule has 0 saturated heterocycles. The highest BCUT2D eigenvalue weighted by Crippen LogP contribution is 2.32. The average molecular weight is 514 g/mol. The topological polar surface area (TPSA) is 76.7 Å². The van der Waals surface area contributed by atoms with Gasteiger partial charge in [-0.15, -0.1) is 0 Å². The molecule has 2 aromatic carbocycles. The summed E-state index contributed by atoms with van der Waals surface area (Å²) in [6.07, 6.45) is 2.04. The van der Waals surface area contributed by atoms with Gasteiger partial charge in [0.1, 0.15) is 11.5 Å². The number of carbonyl (C=O) groups is 2. The summed E-state index contributed by atoms with van der Waals surface area (Å²) in [6, 6.07) is 10.4. The Morgan fingerprint density at radius 3 is 2.39 bits per heavy atom. The minimum absolute atomic E-state index is 0.231. The van der Waals surface area contributed by atoms with Gasteiger partial charge in [-0.05, 0) is 71.2 Å². The number of rotatable bonds is 8. The lowest BCUT2D eigenvalue weighted by atomic mass is 10.2. The fourth-order valence-electron chi connectivity index (χ4n) is 2.28. The minimum Gasteiger partial charge on any atom is -0.494 e. The van der Waals surface area contributed by atoms with Gasteiger partial charge in [0.15, 0.2) is 6.61 Å². The van der Waals surface area contributed by atoms with Gasteiger partial charge in [-0.25, -0.2) is 0 Å². The van der Waals surface area contributed by atoms with Crippen LogP contribution in [0, 0.1) is 6.92 Å². The molecule has 0 aliphatic carbocycles. The molecule has 2 rings (SSSR count). The standard InChI is InChI=1S/C20H22Br2N2O4/c1-3-4-9-27-16-7-5-14(6-8-16)20(26)24-23-18(25)12-28-19-13(2)10-15(21)11-17(19)22/h5-8,10-11H,3-4,9,12H2,1-2H3,(H,23,25)(H,24,26). The number of aryl methyl sites for hydroxylation is 1. The molecule has 0 atom stereocenters. The third-order valence-corrected chi connectivity index (χ3v) is 4.79. The van der Waals surface area contributed by atoms with Crippen LogP contribution < -0.4 is 20.3 Å². The molecule has 0 spiro atoms. The van der Waals surface area contributed by atoms with Crippen molar-refractivity contribution in [2.75, 3.05) is 13.2 Å². The zero-order valence-electron chi connectivity index (χ0n) is 15.7. The first kappa shape index (κ1) is 22.2. The number of hydrogen-bond donors (Lipinski definition) is 2. The van der Waals surface area contributed by atoms with E-state index in [9.17, 15) is 9.59 Å². The number of hydrogen-bond acceptors (Lipinski definition) is 4. The molecule has 0 aliphatic heterocycles. The maximum atomic E-state index is 12.1. The molecule has 0 aromatic heterocycles. The van der Waals surface area contributed by atoms with E-state index < -0.39 is 11.8 Å². The highest BCUT2D eigenvalue weighted by Gasteiger charge is 2.11. The quantitative estimate of drug-likeness (QED) is 0.401. The van der Waals surface area contributed by atoms with E-state index in [-0.39, 0.29) is 6.61 Å². The lowest BCUT2D eigenvalue weighted by Crippen LogP contribution is -2.43. The van der Waals surface area contributed by atoms with Gasteiger partial charge in [0.05, 0.1) is 11.1 Å². The number of amides is 2. The summed E-state index contributed by atoms with van der Waals surface area (Å²) >= 11 is 6.79. The molecule has 150 valence electrons. The summed E-state index contributed by atoms with van der Waals surface area (Å²) in [5.41, 5.74) is 5.99. The predicted molar refractivity (Wildman–Crippen MR) is 115 cm³/mol. The fraction of sp³-hybridized carbons (Fsp3) is 0.300. The van der Waals surface area contributed by atoms with Crippen molar-refractivity contribution in [2.45, 2.75) is 26.7 Å². The second-order valence-corrected chi connectivity index (χ2v) is 7.82. The first-order valence-electron chi connectivity index (χ1n) is 8.81. The number of hydrazine groups is 1. The van der Waals surface area contributed by atoms with Gasteiger partial charge in [0, 0.05) is 10.0 Å². The zero-order valence-corrected chi connectivity index (χ0v) is 18.9. The SMILES string of the molecule is CCCCOc1ccc(C(=O)NNC(=O)COc2c(C)cc(Br)cc2Br)cc1. The Morgan fingerprint density at radius 2 is 1.75 bits per heavy atom. The second kappa shape index (κ2) is 11.1. The first-order valence-corrected chi connectivity index (χ1v) is 10.4. The molecule has 6 nitrogen and oxygen atoms in total. The number of carbonyl (C=O) groups excluding carboxylic acids is 2. The number of ether oxygens (including phenoxy) is 2. The van der Waals surface area contributed by atoms with Crippen molar-refractivity contribution < 1.29 is 19.1 Å². The Bertz CT molecular complexity index is 802. The Kier molecular flexibility index (Phi) is 8.79. The molecule has 2 N–H and O–H groups in total. The normalized spacial score (nSPS) is 10.3. The van der Waals surface area contributed by atoms with Gasteiger partial charge < -0.3 is 9.47 Å². The lowest BCUT2D eigenvalue weighted by molar-refractivity contribution is -0.123. The van der Waals surface area contributed by atoms with Crippen LogP contribution in [0.3, 0.4) is 0 Å². The van der Waals surface area contributed by atoms with Crippen molar-refractivity contribution in [2.24, 2.45) is 0 Å². The van der Waals surface area contributed by atoms with Crippen molar-refractivity contribution >= 4 is 43.7 Å². The van der Waals surface area contributed by atoms with E-state index in [1.54, 1.807) is 24.3 Å². The van der Waals surface area contributed by atoms with E-state index in [2.05, 4.69) is 49.6 Å². The van der Waals surface area contributed by atoms with Crippen LogP contribution in [0.25, 0.3) is 0 Å². The molecule has 0 saturated carbocycles. The summed E-state index contributed by atoms with van der Waals surface area (Å²) in [5.74, 6) is 0.387. The van der Waals surface area contributed by atoms with Gasteiger partial charge in [0.2, 0.25) is 0 Å². The number of benzene rings is 2. The zero-order chi connectivity index (χ0) is 20.5. The van der Waals surface area contributed by atoms with E-state index in [0.29, 0.717) is 23.7 Å². The highest BCUT2D eigenvalue weighted by molar-refractivity contribution is 9.11. The van der Waals surface area contributed by atoms with Crippen molar-refractivity contribution in [1.29, 1.82) is 0 Å². The molecule has 8 heteroatoms. The molecule has 0 unspecified atom stereocenters. The van der Waals surface area contributed by atoms with Crippen LogP contribution in [-0.4, -0.2) is 25.0 Å². The minimum atomic E-state index is -0.470. The maximum absolute atomic E-state index is 12.1. The summed E-state index contributed by atoms with van der Waals surface area (Å²) in [5, 5.41) is 0. The van der Waals surface area contributed by atoms with E-state index in [4.69, 9.17) is 9.47 Å². The largest absolute Gasteiger partial charge is 0.494 e. The van der Waals surface area contributed by atoms with E-state index >= 15 is 0 Å². The summed E-state index contributed by atoms with van der Waals surface area (Å²) in [4.78, 5) is 24.1. The average Bonchev–Trinajstić information content (AvgIpc) is 2.66. The van der Waals surface area contributed by atoms with E-state index in [1.165, 1.54) is 0 Å². The number of unbranched alkanes of at least 4 members (excludes halogenated alkanes) is 1. The van der Waals surface area contributed by atoms with Crippen molar-refractivity contribution in [1.82, 2.24) is 10.9 Å². The Hall–Kier alpha value is -2.06. The van der Waals surface area contributed by atoms with Gasteiger partial charge in [-0.3, -0.25) is 20.4 Å². The molecule has 0 radical (unpaired) electrons. The Labute approximate surface area is 181 Å². The molecular weight excluding hydrogens is 492 g/mol. The van der Waals surface area contributed by atoms with Crippen LogP contribution >= 0.6 is 31.9 Å². The van der Waals surface area contributed by atoms with E-state index in [1.807, 2.05) is 19.1 Å². The highest BCUT2D eigenvalue weighted by atomic mass is 79.9. The summed E-state index contributed by atoms with van der Waals surface area (Å²) in [7, 11) is 0. The second-order valence-electron chi connectivity index (χ2n) is 6.05. The Balaban J connectivity index is 1.80. The summed E-state index contributed by atoms with van der Waals surface area (Å²) in [6.45, 7) is 4.38. The molecule has 28 heavy (non-hydrogen) atoms. The Morgan fingerprint density at radius 1 is 1.04 bits per heavy atom. The molecule has 0 aliphatic rings. The maximum Gasteiger partial charge on any atom is 0.276 e. The van der Waals surface area contributed by atoms with Crippen molar-refractivity contribution in [3.05, 3.63) is 56.5 Å². The van der Waals surface area contributed by atoms with Gasteiger partial charge in [0.25, 0.3) is 11.8 Å². The molecule has 0 heterocycles. The number of nitrogens with one attached hydrogen (secondary N) is 2. The third-order valence-electron chi connectivity index (χ3n) is 3.74. The summed E-state index contributed by atoms with van der Waals surface area (Å²) < 4.78 is 12.7. The monoisotopic (exact) mass is 512 g/mol. The van der Waals surface area contributed by atoms with E-state index in [0.717, 1.165) is 27.4 Å². The van der Waals surface area contributed by atoms with Crippen LogP contribution in [0.1, 0.15) is 35.7 Å². The van der Waals surface area contributed by atoms with Crippen LogP contribution in [0.15, 0.2) is 45.3 Å². The van der Waals surface area contributed by atoms with Crippen LogP contribution in [-0.2, 0) is 4.79 Å². The molecule has 2 aromatic rings. The lowest BCUT2D eigenvalue weighted by Gasteiger charge is -2.12. The molecular formula is C20H22Br2N2O4. The fourth-order valence-corrected chi connectivity index (χ4v) is 3.83. The molecule has 0 fully saturated rings.